The van der Waals surface area contributed by atoms with E-state index >= 15 is 0 Å². The summed E-state index contributed by atoms with van der Waals surface area (Å²) in [7, 11) is 0. The lowest BCUT2D eigenvalue weighted by atomic mass is 10.1. The lowest BCUT2D eigenvalue weighted by Crippen LogP contribution is -2.49. The van der Waals surface area contributed by atoms with E-state index in [-0.39, 0.29) is 5.91 Å². The molecule has 4 aromatic rings. The number of fused-ring (bicyclic) bond motifs is 2. The zero-order valence-electron chi connectivity index (χ0n) is 15.8. The van der Waals surface area contributed by atoms with Crippen molar-refractivity contribution in [2.24, 2.45) is 0 Å². The molecule has 1 fully saturated rings. The average Bonchev–Trinajstić information content (AvgIpc) is 3.22. The number of rotatable bonds is 4. The molecule has 0 aliphatic carbocycles. The van der Waals surface area contributed by atoms with Crippen LogP contribution in [0.15, 0.2) is 65.7 Å². The van der Waals surface area contributed by atoms with Gasteiger partial charge in [0, 0.05) is 37.3 Å². The molecule has 0 radical (unpaired) electrons. The molecule has 2 aromatic heterocycles. The Bertz CT molecular complexity index is 1130. The Morgan fingerprint density at radius 3 is 2.66 bits per heavy atom. The monoisotopic (exact) mass is 420 g/mol. The van der Waals surface area contributed by atoms with Crippen molar-refractivity contribution in [1.82, 2.24) is 14.9 Å². The number of thioether (sulfide) groups is 1. The fraction of sp³-hybridized carbons (Fsp3) is 0.227. The summed E-state index contributed by atoms with van der Waals surface area (Å²) >= 11 is 3.23. The first-order valence-electron chi connectivity index (χ1n) is 9.62. The molecule has 1 saturated heterocycles. The van der Waals surface area contributed by atoms with Crippen LogP contribution in [0.3, 0.4) is 0 Å². The molecule has 7 heteroatoms. The van der Waals surface area contributed by atoms with Gasteiger partial charge in [-0.1, -0.05) is 41.7 Å². The smallest absolute Gasteiger partial charge is 0.233 e. The number of benzene rings is 2. The van der Waals surface area contributed by atoms with Crippen molar-refractivity contribution in [1.29, 1.82) is 0 Å². The molecule has 0 saturated carbocycles. The number of anilines is 1. The lowest BCUT2D eigenvalue weighted by Gasteiger charge is -2.34. The summed E-state index contributed by atoms with van der Waals surface area (Å²) < 4.78 is 0. The van der Waals surface area contributed by atoms with Gasteiger partial charge in [0.25, 0.3) is 0 Å². The Morgan fingerprint density at radius 1 is 1.00 bits per heavy atom. The van der Waals surface area contributed by atoms with E-state index in [9.17, 15) is 4.79 Å². The molecule has 5 nitrogen and oxygen atoms in total. The summed E-state index contributed by atoms with van der Waals surface area (Å²) in [6, 6.07) is 18.6. The number of carbonyl (C=O) groups is 1. The van der Waals surface area contributed by atoms with E-state index in [1.165, 1.54) is 10.8 Å². The highest BCUT2D eigenvalue weighted by atomic mass is 32.2. The average molecular weight is 421 g/mol. The molecule has 146 valence electrons. The fourth-order valence-electron chi connectivity index (χ4n) is 3.53. The maximum absolute atomic E-state index is 12.7. The zero-order chi connectivity index (χ0) is 19.6. The third kappa shape index (κ3) is 3.93. The van der Waals surface area contributed by atoms with Gasteiger partial charge in [-0.3, -0.25) is 4.79 Å². The Kier molecular flexibility index (Phi) is 5.08. The van der Waals surface area contributed by atoms with Crippen LogP contribution in [0.25, 0.3) is 21.1 Å². The van der Waals surface area contributed by atoms with Crippen LogP contribution in [-0.2, 0) is 4.79 Å². The molecule has 3 heterocycles. The van der Waals surface area contributed by atoms with Crippen LogP contribution in [-0.4, -0.2) is 52.7 Å². The standard InChI is InChI=1S/C22H20N4OS2/c27-20(15-28-18-8-7-16-4-1-2-5-17(16)14-18)25-10-12-26(13-11-25)22-24-19-6-3-9-23-21(19)29-22/h1-9,14H,10-13,15H2. The molecule has 5 rings (SSSR count). The van der Waals surface area contributed by atoms with E-state index in [1.54, 1.807) is 29.3 Å². The quantitative estimate of drug-likeness (QED) is 0.461. The van der Waals surface area contributed by atoms with E-state index in [0.717, 1.165) is 46.6 Å². The molecule has 1 aliphatic rings. The maximum Gasteiger partial charge on any atom is 0.233 e. The first kappa shape index (κ1) is 18.4. The molecule has 0 unspecified atom stereocenters. The number of aromatic nitrogens is 2. The van der Waals surface area contributed by atoms with Gasteiger partial charge in [0.05, 0.1) is 5.75 Å². The van der Waals surface area contributed by atoms with Gasteiger partial charge in [0.2, 0.25) is 5.91 Å². The van der Waals surface area contributed by atoms with Crippen LogP contribution < -0.4 is 4.90 Å². The Balaban J connectivity index is 1.17. The van der Waals surface area contributed by atoms with Crippen molar-refractivity contribution in [3.63, 3.8) is 0 Å². The van der Waals surface area contributed by atoms with Crippen LogP contribution >= 0.6 is 23.1 Å². The number of carbonyl (C=O) groups excluding carboxylic acids is 1. The molecule has 29 heavy (non-hydrogen) atoms. The van der Waals surface area contributed by atoms with E-state index in [0.29, 0.717) is 5.75 Å². The van der Waals surface area contributed by atoms with Gasteiger partial charge < -0.3 is 9.80 Å². The summed E-state index contributed by atoms with van der Waals surface area (Å²) in [5.74, 6) is 0.678. The molecular formula is C22H20N4OS2. The van der Waals surface area contributed by atoms with Crippen molar-refractivity contribution < 1.29 is 4.79 Å². The lowest BCUT2D eigenvalue weighted by molar-refractivity contribution is -0.128. The van der Waals surface area contributed by atoms with Gasteiger partial charge in [-0.15, -0.1) is 11.8 Å². The molecule has 1 aliphatic heterocycles. The van der Waals surface area contributed by atoms with Crippen LogP contribution in [0.1, 0.15) is 0 Å². The molecule has 1 amide bonds. The Morgan fingerprint density at radius 2 is 1.83 bits per heavy atom. The third-order valence-corrected chi connectivity index (χ3v) is 7.16. The van der Waals surface area contributed by atoms with Crippen molar-refractivity contribution in [3.8, 4) is 0 Å². The summed E-state index contributed by atoms with van der Waals surface area (Å²) in [5, 5.41) is 3.43. The number of hydrogen-bond acceptors (Lipinski definition) is 6. The SMILES string of the molecule is O=C(CSc1ccc2ccccc2c1)N1CCN(c2nc3cccnc3s2)CC1. The van der Waals surface area contributed by atoms with Crippen LogP contribution in [0.2, 0.25) is 0 Å². The minimum Gasteiger partial charge on any atom is -0.344 e. The number of piperazine rings is 1. The van der Waals surface area contributed by atoms with Crippen molar-refractivity contribution in [3.05, 3.63) is 60.8 Å². The summed E-state index contributed by atoms with van der Waals surface area (Å²) in [5.41, 5.74) is 0.942. The number of hydrogen-bond donors (Lipinski definition) is 0. The van der Waals surface area contributed by atoms with E-state index < -0.39 is 0 Å². The van der Waals surface area contributed by atoms with Crippen molar-refractivity contribution in [2.75, 3.05) is 36.8 Å². The van der Waals surface area contributed by atoms with Crippen LogP contribution in [0, 0.1) is 0 Å². The number of thiazole rings is 1. The fourth-order valence-corrected chi connectivity index (χ4v) is 5.34. The molecule has 2 aromatic carbocycles. The van der Waals surface area contributed by atoms with Gasteiger partial charge in [-0.2, -0.15) is 0 Å². The van der Waals surface area contributed by atoms with Crippen molar-refractivity contribution >= 4 is 55.3 Å². The predicted octanol–water partition coefficient (Wildman–Crippen LogP) is 4.29. The minimum atomic E-state index is 0.203. The summed E-state index contributed by atoms with van der Waals surface area (Å²) in [6.45, 7) is 3.10. The van der Waals surface area contributed by atoms with Gasteiger partial charge in [0.15, 0.2) is 5.13 Å². The van der Waals surface area contributed by atoms with Gasteiger partial charge in [-0.25, -0.2) is 9.97 Å². The summed E-state index contributed by atoms with van der Waals surface area (Å²) in [6.07, 6.45) is 1.80. The number of nitrogens with zero attached hydrogens (tertiary/aromatic N) is 4. The molecule has 0 spiro atoms. The van der Waals surface area contributed by atoms with E-state index in [4.69, 9.17) is 0 Å². The highest BCUT2D eigenvalue weighted by molar-refractivity contribution is 8.00. The maximum atomic E-state index is 12.7. The second kappa shape index (κ2) is 8.00. The van der Waals surface area contributed by atoms with E-state index in [2.05, 4.69) is 45.2 Å². The molecule has 0 N–H and O–H groups in total. The highest BCUT2D eigenvalue weighted by Crippen LogP contribution is 2.28. The number of pyridine rings is 1. The van der Waals surface area contributed by atoms with Gasteiger partial charge >= 0.3 is 0 Å². The topological polar surface area (TPSA) is 49.3 Å². The van der Waals surface area contributed by atoms with Crippen LogP contribution in [0.5, 0.6) is 0 Å². The molecular weight excluding hydrogens is 400 g/mol. The first-order valence-corrected chi connectivity index (χ1v) is 11.4. The second-order valence-corrected chi connectivity index (χ2v) is 8.99. The zero-order valence-corrected chi connectivity index (χ0v) is 17.5. The van der Waals surface area contributed by atoms with Gasteiger partial charge in [0.1, 0.15) is 10.3 Å². The normalized spacial score (nSPS) is 14.6. The number of amides is 1. The Labute approximate surface area is 177 Å². The molecule has 0 bridgehead atoms. The van der Waals surface area contributed by atoms with Crippen molar-refractivity contribution in [2.45, 2.75) is 4.90 Å². The third-order valence-electron chi connectivity index (χ3n) is 5.14. The Hall–Kier alpha value is -2.64. The largest absolute Gasteiger partial charge is 0.344 e. The van der Waals surface area contributed by atoms with Crippen LogP contribution in [0.4, 0.5) is 5.13 Å². The predicted molar refractivity (Wildman–Crippen MR) is 121 cm³/mol. The summed E-state index contributed by atoms with van der Waals surface area (Å²) in [4.78, 5) is 28.1. The highest BCUT2D eigenvalue weighted by Gasteiger charge is 2.23. The van der Waals surface area contributed by atoms with E-state index in [1.807, 2.05) is 29.2 Å². The van der Waals surface area contributed by atoms with Gasteiger partial charge in [-0.05, 0) is 35.0 Å². The first-order chi connectivity index (χ1) is 14.3. The minimum absolute atomic E-state index is 0.203. The molecule has 0 atom stereocenters. The second-order valence-electron chi connectivity index (χ2n) is 6.99.